The molecule has 2 aromatic rings. The van der Waals surface area contributed by atoms with Gasteiger partial charge in [-0.3, -0.25) is 14.5 Å². The van der Waals surface area contributed by atoms with Crippen LogP contribution in [-0.2, 0) is 9.59 Å². The number of benzene rings is 1. The summed E-state index contributed by atoms with van der Waals surface area (Å²) in [5, 5.41) is 18.9. The number of hydrogen-bond donors (Lipinski definition) is 1. The van der Waals surface area contributed by atoms with E-state index in [9.17, 15) is 20.1 Å². The number of nitriles is 2. The van der Waals surface area contributed by atoms with Crippen molar-refractivity contribution in [1.82, 2.24) is 9.88 Å². The Labute approximate surface area is 160 Å². The fraction of sp³-hybridized carbons (Fsp3) is 0.211. The van der Waals surface area contributed by atoms with Gasteiger partial charge in [0.15, 0.2) is 0 Å². The smallest absolute Gasteiger partial charge is 0.242 e. The largest absolute Gasteiger partial charge is 0.383 e. The number of hydrogen-bond acceptors (Lipinski definition) is 7. The van der Waals surface area contributed by atoms with Crippen molar-refractivity contribution in [3.8, 4) is 23.3 Å². The molecular weight excluding hydrogens is 362 g/mol. The molecule has 1 atom stereocenters. The van der Waals surface area contributed by atoms with Crippen LogP contribution < -0.4 is 5.73 Å². The number of amides is 2. The van der Waals surface area contributed by atoms with E-state index in [4.69, 9.17) is 5.73 Å². The van der Waals surface area contributed by atoms with Gasteiger partial charge in [0.05, 0.1) is 10.8 Å². The topological polar surface area (TPSA) is 124 Å². The summed E-state index contributed by atoms with van der Waals surface area (Å²) < 4.78 is 0. The standard InChI is InChI=1S/C19H15N5O2S/c1-10-3-5-11(6-4-10)16-12(8-20)17(22)23-18(13(16)9-21)27-14-7-15(25)24(2)19(14)26/h3-6,14H,7H2,1-2H3,(H2,22,23). The predicted octanol–water partition coefficient (Wildman–Crippen LogP) is 2.23. The molecule has 8 heteroatoms. The van der Waals surface area contributed by atoms with Crippen molar-refractivity contribution < 1.29 is 9.59 Å². The number of carbonyl (C=O) groups excluding carboxylic acids is 2. The van der Waals surface area contributed by atoms with Gasteiger partial charge in [-0.2, -0.15) is 10.5 Å². The Morgan fingerprint density at radius 2 is 1.81 bits per heavy atom. The average Bonchev–Trinajstić information content (AvgIpc) is 2.89. The molecular formula is C19H15N5O2S. The van der Waals surface area contributed by atoms with E-state index in [1.165, 1.54) is 7.05 Å². The number of anilines is 1. The van der Waals surface area contributed by atoms with Crippen LogP contribution in [-0.4, -0.2) is 34.0 Å². The third kappa shape index (κ3) is 3.23. The van der Waals surface area contributed by atoms with Crippen LogP contribution in [0.1, 0.15) is 23.1 Å². The van der Waals surface area contributed by atoms with Gasteiger partial charge in [-0.05, 0) is 12.5 Å². The number of imide groups is 1. The van der Waals surface area contributed by atoms with Gasteiger partial charge in [0.2, 0.25) is 11.8 Å². The minimum absolute atomic E-state index is 0.0142. The minimum atomic E-state index is -0.666. The number of aromatic nitrogens is 1. The second-order valence-electron chi connectivity index (χ2n) is 6.12. The molecule has 0 aliphatic carbocycles. The maximum absolute atomic E-state index is 12.2. The van der Waals surface area contributed by atoms with E-state index >= 15 is 0 Å². The fourth-order valence-corrected chi connectivity index (χ4v) is 4.01. The molecule has 0 bridgehead atoms. The normalized spacial score (nSPS) is 16.3. The van der Waals surface area contributed by atoms with Gasteiger partial charge >= 0.3 is 0 Å². The summed E-state index contributed by atoms with van der Waals surface area (Å²) in [5.74, 6) is -0.633. The summed E-state index contributed by atoms with van der Waals surface area (Å²) in [6, 6.07) is 11.5. The molecule has 1 saturated heterocycles. The molecule has 2 heterocycles. The number of thioether (sulfide) groups is 1. The molecule has 27 heavy (non-hydrogen) atoms. The lowest BCUT2D eigenvalue weighted by molar-refractivity contribution is -0.136. The van der Waals surface area contributed by atoms with E-state index in [0.29, 0.717) is 11.1 Å². The molecule has 1 unspecified atom stereocenters. The summed E-state index contributed by atoms with van der Waals surface area (Å²) in [5.41, 5.74) is 8.34. The van der Waals surface area contributed by atoms with Crippen molar-refractivity contribution in [3.05, 3.63) is 41.0 Å². The van der Waals surface area contributed by atoms with Crippen LogP contribution in [0.5, 0.6) is 0 Å². The zero-order valence-electron chi connectivity index (χ0n) is 14.7. The van der Waals surface area contributed by atoms with Crippen molar-refractivity contribution in [2.45, 2.75) is 23.6 Å². The first kappa shape index (κ1) is 18.4. The van der Waals surface area contributed by atoms with Crippen LogP contribution in [0.3, 0.4) is 0 Å². The van der Waals surface area contributed by atoms with Crippen LogP contribution in [0.2, 0.25) is 0 Å². The second-order valence-corrected chi connectivity index (χ2v) is 7.31. The van der Waals surface area contributed by atoms with Gasteiger partial charge in [0.1, 0.15) is 28.5 Å². The third-order valence-electron chi connectivity index (χ3n) is 4.35. The van der Waals surface area contributed by atoms with Crippen molar-refractivity contribution in [2.24, 2.45) is 0 Å². The molecule has 0 saturated carbocycles. The van der Waals surface area contributed by atoms with Crippen molar-refractivity contribution >= 4 is 29.4 Å². The zero-order valence-corrected chi connectivity index (χ0v) is 15.5. The summed E-state index contributed by atoms with van der Waals surface area (Å²) in [6.45, 7) is 1.93. The minimum Gasteiger partial charge on any atom is -0.383 e. The van der Waals surface area contributed by atoms with Gasteiger partial charge in [0.25, 0.3) is 0 Å². The molecule has 134 valence electrons. The van der Waals surface area contributed by atoms with Gasteiger partial charge in [-0.1, -0.05) is 41.6 Å². The van der Waals surface area contributed by atoms with E-state index in [0.717, 1.165) is 22.2 Å². The van der Waals surface area contributed by atoms with Crippen LogP contribution in [0, 0.1) is 29.6 Å². The van der Waals surface area contributed by atoms with Crippen molar-refractivity contribution in [2.75, 3.05) is 12.8 Å². The number of pyridine rings is 1. The van der Waals surface area contributed by atoms with Crippen LogP contribution in [0.4, 0.5) is 5.82 Å². The summed E-state index contributed by atoms with van der Waals surface area (Å²) >= 11 is 1.03. The van der Waals surface area contributed by atoms with Crippen LogP contribution >= 0.6 is 11.8 Å². The molecule has 1 aliphatic heterocycles. The first-order chi connectivity index (χ1) is 12.9. The van der Waals surface area contributed by atoms with E-state index in [2.05, 4.69) is 11.1 Å². The second kappa shape index (κ2) is 7.10. The molecule has 2 N–H and O–H groups in total. The van der Waals surface area contributed by atoms with E-state index in [1.807, 2.05) is 25.1 Å². The summed E-state index contributed by atoms with van der Waals surface area (Å²) in [4.78, 5) is 29.2. The molecule has 1 fully saturated rings. The number of nitrogen functional groups attached to an aromatic ring is 1. The van der Waals surface area contributed by atoms with E-state index in [1.54, 1.807) is 12.1 Å². The average molecular weight is 377 g/mol. The Balaban J connectivity index is 2.15. The number of carbonyl (C=O) groups is 2. The first-order valence-electron chi connectivity index (χ1n) is 8.05. The Morgan fingerprint density at radius 3 is 2.33 bits per heavy atom. The Bertz CT molecular complexity index is 1030. The fourth-order valence-electron chi connectivity index (χ4n) is 2.84. The highest BCUT2D eigenvalue weighted by molar-refractivity contribution is 8.00. The number of aryl methyl sites for hydroxylation is 1. The van der Waals surface area contributed by atoms with Crippen molar-refractivity contribution in [3.63, 3.8) is 0 Å². The monoisotopic (exact) mass is 377 g/mol. The van der Waals surface area contributed by atoms with Crippen molar-refractivity contribution in [1.29, 1.82) is 10.5 Å². The number of nitrogens with two attached hydrogens (primary N) is 1. The lowest BCUT2D eigenvalue weighted by atomic mass is 9.96. The summed E-state index contributed by atoms with van der Waals surface area (Å²) in [6.07, 6.45) is 0.0340. The van der Waals surface area contributed by atoms with Crippen LogP contribution in [0.25, 0.3) is 11.1 Å². The van der Waals surface area contributed by atoms with E-state index < -0.39 is 5.25 Å². The van der Waals surface area contributed by atoms with Gasteiger partial charge in [0, 0.05) is 19.0 Å². The Morgan fingerprint density at radius 1 is 1.19 bits per heavy atom. The molecule has 1 aliphatic rings. The quantitative estimate of drug-likeness (QED) is 0.813. The molecule has 7 nitrogen and oxygen atoms in total. The molecule has 3 rings (SSSR count). The Kier molecular flexibility index (Phi) is 4.85. The zero-order chi connectivity index (χ0) is 19.7. The molecule has 2 amide bonds. The first-order valence-corrected chi connectivity index (χ1v) is 8.93. The summed E-state index contributed by atoms with van der Waals surface area (Å²) in [7, 11) is 1.43. The highest BCUT2D eigenvalue weighted by Gasteiger charge is 2.38. The van der Waals surface area contributed by atoms with Gasteiger partial charge < -0.3 is 5.73 Å². The maximum atomic E-state index is 12.2. The molecule has 0 spiro atoms. The predicted molar refractivity (Wildman–Crippen MR) is 100 cm³/mol. The van der Waals surface area contributed by atoms with Crippen LogP contribution in [0.15, 0.2) is 29.3 Å². The Hall–Kier alpha value is -3.36. The van der Waals surface area contributed by atoms with E-state index in [-0.39, 0.29) is 40.2 Å². The number of rotatable bonds is 3. The molecule has 0 radical (unpaired) electrons. The SMILES string of the molecule is Cc1ccc(-c2c(C#N)c(N)nc(SC3CC(=O)N(C)C3=O)c2C#N)cc1. The van der Waals surface area contributed by atoms with Gasteiger partial charge in [-0.15, -0.1) is 0 Å². The highest BCUT2D eigenvalue weighted by Crippen LogP contribution is 2.39. The third-order valence-corrected chi connectivity index (χ3v) is 5.52. The molecule has 1 aromatic heterocycles. The lowest BCUT2D eigenvalue weighted by Crippen LogP contribution is -2.26. The molecule has 1 aromatic carbocycles. The number of nitrogens with zero attached hydrogens (tertiary/aromatic N) is 4. The highest BCUT2D eigenvalue weighted by atomic mass is 32.2. The van der Waals surface area contributed by atoms with Gasteiger partial charge in [-0.25, -0.2) is 4.98 Å². The lowest BCUT2D eigenvalue weighted by Gasteiger charge is -2.14. The number of likely N-dealkylation sites (tertiary alicyclic amines) is 1. The maximum Gasteiger partial charge on any atom is 0.242 e.